The van der Waals surface area contributed by atoms with Gasteiger partial charge < -0.3 is 4.57 Å². The topological polar surface area (TPSA) is 26.9 Å². The van der Waals surface area contributed by atoms with Crippen LogP contribution in [0.25, 0.3) is 64.3 Å². The number of benzene rings is 5. The van der Waals surface area contributed by atoms with Gasteiger partial charge in [-0.25, -0.2) is 0 Å². The number of nitrogens with zero attached hydrogens (tertiary/aromatic N) is 2. The summed E-state index contributed by atoms with van der Waals surface area (Å²) >= 11 is 1.80. The van der Waals surface area contributed by atoms with Crippen LogP contribution in [0, 0.1) is 0 Å². The Morgan fingerprint density at radius 2 is 1.11 bits per heavy atom. The van der Waals surface area contributed by atoms with Crippen LogP contribution >= 0.6 is 11.3 Å². The number of thiophene rings is 1. The predicted molar refractivity (Wildman–Crippen MR) is 157 cm³/mol. The smallest absolute Gasteiger partial charge is 0.265 e. The molecule has 0 bridgehead atoms. The lowest BCUT2D eigenvalue weighted by Gasteiger charge is -2.14. The standard InChI is InChI=1S/C33H20N2OS/c36-33-31-26-19-25-23-15-8-10-18-29(23)37-30(25)20-28(26)34(21-11-3-1-4-12-21)32(31)24-16-7-9-17-27(24)35(33)22-13-5-2-6-14-22/h1-20H. The van der Waals surface area contributed by atoms with Crippen molar-refractivity contribution >= 4 is 64.2 Å². The fourth-order valence-corrected chi connectivity index (χ4v) is 6.87. The molecule has 8 aromatic rings. The van der Waals surface area contributed by atoms with E-state index in [0.29, 0.717) is 0 Å². The summed E-state index contributed by atoms with van der Waals surface area (Å²) in [7, 11) is 0. The molecule has 0 spiro atoms. The zero-order chi connectivity index (χ0) is 24.5. The first-order valence-electron chi connectivity index (χ1n) is 12.3. The lowest BCUT2D eigenvalue weighted by atomic mass is 10.1. The molecule has 0 fully saturated rings. The van der Waals surface area contributed by atoms with Gasteiger partial charge in [0.15, 0.2) is 0 Å². The minimum Gasteiger partial charge on any atom is -0.308 e. The Hall–Kier alpha value is -4.67. The van der Waals surface area contributed by atoms with Crippen molar-refractivity contribution < 1.29 is 0 Å². The quantitative estimate of drug-likeness (QED) is 0.238. The van der Waals surface area contributed by atoms with Gasteiger partial charge in [0.05, 0.1) is 21.9 Å². The Labute approximate surface area is 216 Å². The van der Waals surface area contributed by atoms with E-state index in [1.807, 2.05) is 53.1 Å². The largest absolute Gasteiger partial charge is 0.308 e. The molecule has 4 heteroatoms. The highest BCUT2D eigenvalue weighted by atomic mass is 32.1. The maximum absolute atomic E-state index is 14.5. The Morgan fingerprint density at radius 3 is 1.86 bits per heavy atom. The second-order valence-electron chi connectivity index (χ2n) is 9.35. The van der Waals surface area contributed by atoms with Gasteiger partial charge in [0.2, 0.25) is 0 Å². The molecule has 0 aliphatic carbocycles. The highest BCUT2D eigenvalue weighted by Gasteiger charge is 2.22. The molecule has 5 aromatic carbocycles. The molecular formula is C33H20N2OS. The molecule has 3 aromatic heterocycles. The average molecular weight is 493 g/mol. The molecule has 37 heavy (non-hydrogen) atoms. The molecule has 0 aliphatic rings. The number of aromatic nitrogens is 2. The molecule has 0 unspecified atom stereocenters. The summed E-state index contributed by atoms with van der Waals surface area (Å²) in [5.74, 6) is 0. The second kappa shape index (κ2) is 7.66. The maximum Gasteiger partial charge on any atom is 0.265 e. The Bertz CT molecular complexity index is 2200. The van der Waals surface area contributed by atoms with Crippen molar-refractivity contribution in [3.05, 3.63) is 132 Å². The minimum atomic E-state index is -0.00142. The van der Waals surface area contributed by atoms with Crippen LogP contribution in [-0.4, -0.2) is 9.13 Å². The van der Waals surface area contributed by atoms with Crippen LogP contribution < -0.4 is 5.56 Å². The monoisotopic (exact) mass is 492 g/mol. The first-order chi connectivity index (χ1) is 18.3. The first-order valence-corrected chi connectivity index (χ1v) is 13.2. The Balaban J connectivity index is 1.67. The van der Waals surface area contributed by atoms with Crippen LogP contribution in [0.1, 0.15) is 0 Å². The SMILES string of the molecule is O=c1c2c3cc4c(cc3n(-c3ccccc3)c2c2ccccc2n1-c1ccccc1)sc1ccccc14. The lowest BCUT2D eigenvalue weighted by molar-refractivity contribution is 1.06. The third-order valence-corrected chi connectivity index (χ3v) is 8.45. The number of rotatable bonds is 2. The first kappa shape index (κ1) is 20.5. The van der Waals surface area contributed by atoms with Crippen LogP contribution in [0.5, 0.6) is 0 Å². The summed E-state index contributed by atoms with van der Waals surface area (Å²) in [6.45, 7) is 0. The number of hydrogen-bond donors (Lipinski definition) is 0. The zero-order valence-electron chi connectivity index (χ0n) is 19.8. The zero-order valence-corrected chi connectivity index (χ0v) is 20.6. The van der Waals surface area contributed by atoms with E-state index in [0.717, 1.165) is 44.1 Å². The lowest BCUT2D eigenvalue weighted by Crippen LogP contribution is -2.19. The second-order valence-corrected chi connectivity index (χ2v) is 10.4. The minimum absolute atomic E-state index is 0.00142. The van der Waals surface area contributed by atoms with Gasteiger partial charge in [0, 0.05) is 42.3 Å². The van der Waals surface area contributed by atoms with E-state index in [2.05, 4.69) is 77.4 Å². The molecule has 0 saturated heterocycles. The van der Waals surface area contributed by atoms with Crippen molar-refractivity contribution in [3.8, 4) is 11.4 Å². The van der Waals surface area contributed by atoms with Crippen LogP contribution in [0.3, 0.4) is 0 Å². The molecule has 0 N–H and O–H groups in total. The van der Waals surface area contributed by atoms with Crippen molar-refractivity contribution in [2.45, 2.75) is 0 Å². The third-order valence-electron chi connectivity index (χ3n) is 7.31. The molecule has 174 valence electrons. The Morgan fingerprint density at radius 1 is 0.486 bits per heavy atom. The van der Waals surface area contributed by atoms with Gasteiger partial charge >= 0.3 is 0 Å². The van der Waals surface area contributed by atoms with Crippen LogP contribution in [-0.2, 0) is 0 Å². The third kappa shape index (κ3) is 2.85. The van der Waals surface area contributed by atoms with Gasteiger partial charge in [-0.15, -0.1) is 11.3 Å². The summed E-state index contributed by atoms with van der Waals surface area (Å²) in [5, 5.41) is 5.20. The molecule has 3 nitrogen and oxygen atoms in total. The van der Waals surface area contributed by atoms with Gasteiger partial charge in [-0.2, -0.15) is 0 Å². The molecule has 0 amide bonds. The Kier molecular flexibility index (Phi) is 4.25. The van der Waals surface area contributed by atoms with E-state index in [9.17, 15) is 4.79 Å². The van der Waals surface area contributed by atoms with Gasteiger partial charge in [0.25, 0.3) is 5.56 Å². The number of pyridine rings is 1. The summed E-state index contributed by atoms with van der Waals surface area (Å²) in [5.41, 5.74) is 4.82. The summed E-state index contributed by atoms with van der Waals surface area (Å²) in [6, 6.07) is 41.6. The molecule has 0 radical (unpaired) electrons. The van der Waals surface area contributed by atoms with E-state index in [1.54, 1.807) is 11.3 Å². The fourth-order valence-electron chi connectivity index (χ4n) is 5.75. The normalized spacial score (nSPS) is 11.9. The van der Waals surface area contributed by atoms with Gasteiger partial charge in [-0.05, 0) is 48.5 Å². The van der Waals surface area contributed by atoms with Crippen molar-refractivity contribution in [3.63, 3.8) is 0 Å². The van der Waals surface area contributed by atoms with Crippen LogP contribution in [0.2, 0.25) is 0 Å². The van der Waals surface area contributed by atoms with Gasteiger partial charge in [-0.1, -0.05) is 72.8 Å². The summed E-state index contributed by atoms with van der Waals surface area (Å²) in [4.78, 5) is 14.5. The highest BCUT2D eigenvalue weighted by Crippen LogP contribution is 2.41. The van der Waals surface area contributed by atoms with Crippen LogP contribution in [0.15, 0.2) is 126 Å². The number of fused-ring (bicyclic) bond motifs is 8. The van der Waals surface area contributed by atoms with E-state index >= 15 is 0 Å². The maximum atomic E-state index is 14.5. The summed E-state index contributed by atoms with van der Waals surface area (Å²) in [6.07, 6.45) is 0. The summed E-state index contributed by atoms with van der Waals surface area (Å²) < 4.78 is 6.62. The van der Waals surface area contributed by atoms with E-state index in [1.165, 1.54) is 20.2 Å². The molecule has 0 atom stereocenters. The van der Waals surface area contributed by atoms with Crippen molar-refractivity contribution in [2.75, 3.05) is 0 Å². The average Bonchev–Trinajstić information content (AvgIpc) is 3.48. The molecule has 0 saturated carbocycles. The van der Waals surface area contributed by atoms with Crippen molar-refractivity contribution in [1.82, 2.24) is 9.13 Å². The van der Waals surface area contributed by atoms with E-state index < -0.39 is 0 Å². The fraction of sp³-hybridized carbons (Fsp3) is 0. The van der Waals surface area contributed by atoms with Gasteiger partial charge in [-0.3, -0.25) is 9.36 Å². The van der Waals surface area contributed by atoms with E-state index in [4.69, 9.17) is 0 Å². The van der Waals surface area contributed by atoms with Crippen molar-refractivity contribution in [1.29, 1.82) is 0 Å². The van der Waals surface area contributed by atoms with Crippen molar-refractivity contribution in [2.24, 2.45) is 0 Å². The van der Waals surface area contributed by atoms with E-state index in [-0.39, 0.29) is 5.56 Å². The highest BCUT2D eigenvalue weighted by molar-refractivity contribution is 7.25. The molecule has 8 rings (SSSR count). The molecule has 0 aliphatic heterocycles. The van der Waals surface area contributed by atoms with Gasteiger partial charge in [0.1, 0.15) is 0 Å². The predicted octanol–water partition coefficient (Wildman–Crippen LogP) is 8.46. The van der Waals surface area contributed by atoms with Crippen LogP contribution in [0.4, 0.5) is 0 Å². The molecule has 3 heterocycles. The molecular weight excluding hydrogens is 472 g/mol. The number of hydrogen-bond acceptors (Lipinski definition) is 2. The number of para-hydroxylation sites is 3.